The van der Waals surface area contributed by atoms with Crippen molar-refractivity contribution in [1.29, 1.82) is 0 Å². The molecule has 2 saturated heterocycles. The van der Waals surface area contributed by atoms with Gasteiger partial charge < -0.3 is 10.2 Å². The molecule has 2 aliphatic heterocycles. The molecule has 116 valence electrons. The fourth-order valence-corrected chi connectivity index (χ4v) is 3.61. The number of hydrogen-bond acceptors (Lipinski definition) is 2. The van der Waals surface area contributed by atoms with E-state index in [9.17, 15) is 9.18 Å². The van der Waals surface area contributed by atoms with Crippen molar-refractivity contribution >= 4 is 34.2 Å². The summed E-state index contributed by atoms with van der Waals surface area (Å²) < 4.78 is 14.6. The number of halogens is 3. The fourth-order valence-electron chi connectivity index (χ4n) is 3.25. The van der Waals surface area contributed by atoms with Gasteiger partial charge >= 0.3 is 0 Å². The molecule has 2 fully saturated rings. The molecule has 1 aromatic carbocycles. The summed E-state index contributed by atoms with van der Waals surface area (Å²) in [6, 6.07) is 4.53. The number of amides is 1. The third-order valence-corrected chi connectivity index (χ3v) is 4.96. The van der Waals surface area contributed by atoms with Gasteiger partial charge in [0.15, 0.2) is 0 Å². The predicted octanol–water partition coefficient (Wildman–Crippen LogP) is 3.08. The number of rotatable bonds is 1. The van der Waals surface area contributed by atoms with Crippen LogP contribution >= 0.6 is 28.3 Å². The highest BCUT2D eigenvalue weighted by Gasteiger charge is 2.32. The Balaban J connectivity index is 0.00000161. The lowest BCUT2D eigenvalue weighted by molar-refractivity contribution is 0.0753. The van der Waals surface area contributed by atoms with Crippen LogP contribution in [0.4, 0.5) is 4.39 Å². The Bertz CT molecular complexity index is 514. The lowest BCUT2D eigenvalue weighted by atomic mass is 9.92. The summed E-state index contributed by atoms with van der Waals surface area (Å²) in [6.45, 7) is 3.57. The molecule has 1 aromatic rings. The van der Waals surface area contributed by atoms with Crippen molar-refractivity contribution in [2.45, 2.75) is 12.8 Å². The third-order valence-electron chi connectivity index (χ3n) is 4.47. The quantitative estimate of drug-likeness (QED) is 0.816. The van der Waals surface area contributed by atoms with Gasteiger partial charge in [-0.25, -0.2) is 4.39 Å². The minimum atomic E-state index is -0.440. The molecule has 0 radical (unpaired) electrons. The Morgan fingerprint density at radius 3 is 2.48 bits per heavy atom. The Morgan fingerprint density at radius 2 is 1.86 bits per heavy atom. The number of carbonyl (C=O) groups excluding carboxylic acids is 1. The van der Waals surface area contributed by atoms with Gasteiger partial charge in [-0.05, 0) is 56.0 Å². The topological polar surface area (TPSA) is 32.3 Å². The normalized spacial score (nSPS) is 25.0. The maximum atomic E-state index is 13.8. The van der Waals surface area contributed by atoms with Crippen molar-refractivity contribution in [3.8, 4) is 0 Å². The largest absolute Gasteiger partial charge is 0.339 e. The number of hydrogen-bond donors (Lipinski definition) is 1. The molecule has 1 amide bonds. The second kappa shape index (κ2) is 7.07. The van der Waals surface area contributed by atoms with Crippen LogP contribution in [0.5, 0.6) is 0 Å². The number of nitrogens with zero attached hydrogens (tertiary/aromatic N) is 1. The second-order valence-electron chi connectivity index (χ2n) is 5.67. The number of nitrogens with one attached hydrogen (secondary N) is 1. The van der Waals surface area contributed by atoms with Gasteiger partial charge in [-0.3, -0.25) is 4.79 Å². The maximum Gasteiger partial charge on any atom is 0.256 e. The van der Waals surface area contributed by atoms with Crippen LogP contribution in [0.3, 0.4) is 0 Å². The number of carbonyl (C=O) groups is 1. The second-order valence-corrected chi connectivity index (χ2v) is 6.59. The molecule has 2 aliphatic rings. The molecule has 3 rings (SSSR count). The van der Waals surface area contributed by atoms with Gasteiger partial charge in [0, 0.05) is 17.6 Å². The van der Waals surface area contributed by atoms with Gasteiger partial charge in [-0.1, -0.05) is 15.9 Å². The summed E-state index contributed by atoms with van der Waals surface area (Å²) in [4.78, 5) is 14.3. The summed E-state index contributed by atoms with van der Waals surface area (Å²) in [5.41, 5.74) is 0.171. The molecule has 3 nitrogen and oxygen atoms in total. The number of benzene rings is 1. The van der Waals surface area contributed by atoms with Crippen LogP contribution in [0.15, 0.2) is 22.7 Å². The van der Waals surface area contributed by atoms with Gasteiger partial charge in [0.05, 0.1) is 5.56 Å². The summed E-state index contributed by atoms with van der Waals surface area (Å²) in [6.07, 6.45) is 2.03. The minimum absolute atomic E-state index is 0. The SMILES string of the molecule is Cl.O=C(c1cc(Br)ccc1F)N1CC[C@@H]2CNC[C@@H]2CC1. The van der Waals surface area contributed by atoms with Gasteiger partial charge in [0.2, 0.25) is 0 Å². The lowest BCUT2D eigenvalue weighted by Gasteiger charge is -2.21. The molecule has 0 bridgehead atoms. The molecule has 0 aliphatic carbocycles. The highest BCUT2D eigenvalue weighted by Crippen LogP contribution is 2.28. The molecular weight excluding hydrogens is 359 g/mol. The fraction of sp³-hybridized carbons (Fsp3) is 0.533. The van der Waals surface area contributed by atoms with E-state index < -0.39 is 5.82 Å². The Morgan fingerprint density at radius 1 is 1.24 bits per heavy atom. The van der Waals surface area contributed by atoms with Gasteiger partial charge in [-0.15, -0.1) is 12.4 Å². The first-order valence-corrected chi connectivity index (χ1v) is 7.89. The van der Waals surface area contributed by atoms with Crippen LogP contribution in [-0.2, 0) is 0 Å². The molecule has 6 heteroatoms. The van der Waals surface area contributed by atoms with Crippen LogP contribution in [0.2, 0.25) is 0 Å². The van der Waals surface area contributed by atoms with E-state index in [1.54, 1.807) is 12.1 Å². The molecule has 0 saturated carbocycles. The van der Waals surface area contributed by atoms with Crippen LogP contribution in [0.25, 0.3) is 0 Å². The smallest absolute Gasteiger partial charge is 0.256 e. The van der Waals surface area contributed by atoms with E-state index >= 15 is 0 Å². The van der Waals surface area contributed by atoms with Gasteiger partial charge in [0.25, 0.3) is 5.91 Å². The summed E-state index contributed by atoms with van der Waals surface area (Å²) in [5.74, 6) is 0.710. The van der Waals surface area contributed by atoms with Crippen molar-refractivity contribution in [3.05, 3.63) is 34.1 Å². The predicted molar refractivity (Wildman–Crippen MR) is 86.3 cm³/mol. The Kier molecular flexibility index (Phi) is 5.63. The highest BCUT2D eigenvalue weighted by molar-refractivity contribution is 9.10. The summed E-state index contributed by atoms with van der Waals surface area (Å²) in [7, 11) is 0. The first-order chi connectivity index (χ1) is 9.65. The zero-order valence-corrected chi connectivity index (χ0v) is 14.1. The van der Waals surface area contributed by atoms with E-state index in [4.69, 9.17) is 0 Å². The van der Waals surface area contributed by atoms with Gasteiger partial charge in [-0.2, -0.15) is 0 Å². The molecule has 2 heterocycles. The van der Waals surface area contributed by atoms with Crippen LogP contribution in [0.1, 0.15) is 23.2 Å². The number of likely N-dealkylation sites (tertiary alicyclic amines) is 1. The van der Waals surface area contributed by atoms with E-state index in [2.05, 4.69) is 21.2 Å². The zero-order chi connectivity index (χ0) is 14.1. The monoisotopic (exact) mass is 376 g/mol. The summed E-state index contributed by atoms with van der Waals surface area (Å²) in [5, 5.41) is 3.41. The van der Waals surface area contributed by atoms with Crippen molar-refractivity contribution in [2.75, 3.05) is 26.2 Å². The Hall–Kier alpha value is -0.650. The molecule has 21 heavy (non-hydrogen) atoms. The number of fused-ring (bicyclic) bond motifs is 1. The molecule has 0 spiro atoms. The molecule has 0 aromatic heterocycles. The van der Waals surface area contributed by atoms with E-state index in [0.717, 1.165) is 43.5 Å². The van der Waals surface area contributed by atoms with Crippen molar-refractivity contribution in [3.63, 3.8) is 0 Å². The van der Waals surface area contributed by atoms with Crippen LogP contribution in [0, 0.1) is 17.7 Å². The zero-order valence-electron chi connectivity index (χ0n) is 11.6. The van der Waals surface area contributed by atoms with Crippen molar-refractivity contribution < 1.29 is 9.18 Å². The molecule has 1 N–H and O–H groups in total. The van der Waals surface area contributed by atoms with Crippen LogP contribution in [-0.4, -0.2) is 37.0 Å². The van der Waals surface area contributed by atoms with E-state index in [0.29, 0.717) is 11.8 Å². The first-order valence-electron chi connectivity index (χ1n) is 7.10. The molecule has 2 atom stereocenters. The van der Waals surface area contributed by atoms with E-state index in [-0.39, 0.29) is 23.9 Å². The van der Waals surface area contributed by atoms with Crippen molar-refractivity contribution in [2.24, 2.45) is 11.8 Å². The lowest BCUT2D eigenvalue weighted by Crippen LogP contribution is -2.33. The highest BCUT2D eigenvalue weighted by atomic mass is 79.9. The van der Waals surface area contributed by atoms with E-state index in [1.807, 2.05) is 4.90 Å². The van der Waals surface area contributed by atoms with E-state index in [1.165, 1.54) is 6.07 Å². The molecule has 0 unspecified atom stereocenters. The average molecular weight is 378 g/mol. The molecular formula is C15H19BrClFN2O. The Labute approximate surface area is 138 Å². The average Bonchev–Trinajstić information content (AvgIpc) is 2.80. The standard InChI is InChI=1S/C15H18BrFN2O.ClH/c16-12-1-2-14(17)13(7-12)15(20)19-5-3-10-8-18-9-11(10)4-6-19;/h1-2,7,10-11,18H,3-6,8-9H2;1H/t10-,11+;. The maximum absolute atomic E-state index is 13.8. The van der Waals surface area contributed by atoms with Crippen LogP contribution < -0.4 is 5.32 Å². The third kappa shape index (κ3) is 3.58. The summed E-state index contributed by atoms with van der Waals surface area (Å²) >= 11 is 3.30. The first kappa shape index (κ1) is 16.7. The minimum Gasteiger partial charge on any atom is -0.339 e. The van der Waals surface area contributed by atoms with Gasteiger partial charge in [0.1, 0.15) is 5.82 Å². The van der Waals surface area contributed by atoms with Crippen molar-refractivity contribution in [1.82, 2.24) is 10.2 Å².